The van der Waals surface area contributed by atoms with Gasteiger partial charge >= 0.3 is 0 Å². The van der Waals surface area contributed by atoms with Gasteiger partial charge in [0.2, 0.25) is 0 Å². The number of nitrogens with one attached hydrogen (secondary N) is 2. The summed E-state index contributed by atoms with van der Waals surface area (Å²) < 4.78 is 32.1. The van der Waals surface area contributed by atoms with E-state index in [0.29, 0.717) is 11.8 Å². The Labute approximate surface area is 149 Å². The monoisotopic (exact) mass is 417 g/mol. The van der Waals surface area contributed by atoms with Crippen molar-refractivity contribution < 1.29 is 18.4 Å². The van der Waals surface area contributed by atoms with Gasteiger partial charge in [0.15, 0.2) is 10.9 Å². The van der Waals surface area contributed by atoms with Crippen LogP contribution in [0.3, 0.4) is 0 Å². The number of hydrogen-bond donors (Lipinski definition) is 2. The molecule has 0 bridgehead atoms. The van der Waals surface area contributed by atoms with E-state index in [1.807, 2.05) is 0 Å². The number of nitro groups is 1. The second-order valence-electron chi connectivity index (χ2n) is 4.47. The molecule has 0 aliphatic rings. The van der Waals surface area contributed by atoms with Gasteiger partial charge in [-0.15, -0.1) is 0 Å². The Bertz CT molecular complexity index is 797. The second-order valence-corrected chi connectivity index (χ2v) is 5.73. The van der Waals surface area contributed by atoms with Crippen LogP contribution in [0.15, 0.2) is 34.8 Å². The molecule has 0 fully saturated rings. The average Bonchev–Trinajstić information content (AvgIpc) is 2.51. The molecule has 0 unspecified atom stereocenters. The maximum atomic E-state index is 13.8. The van der Waals surface area contributed by atoms with Crippen molar-refractivity contribution in [1.82, 2.24) is 0 Å². The number of nitro benzene ring substituents is 1. The predicted molar refractivity (Wildman–Crippen MR) is 93.5 cm³/mol. The van der Waals surface area contributed by atoms with Crippen molar-refractivity contribution in [3.8, 4) is 5.75 Å². The number of hydrogen-bond acceptors (Lipinski definition) is 4. The maximum Gasteiger partial charge on any atom is 0.273 e. The highest BCUT2D eigenvalue weighted by Crippen LogP contribution is 2.30. The molecule has 2 aromatic carbocycles. The predicted octanol–water partition coefficient (Wildman–Crippen LogP) is 4.45. The molecule has 0 aliphatic heterocycles. The molecule has 0 saturated carbocycles. The highest BCUT2D eigenvalue weighted by molar-refractivity contribution is 9.10. The zero-order chi connectivity index (χ0) is 17.9. The zero-order valence-corrected chi connectivity index (χ0v) is 14.5. The van der Waals surface area contributed by atoms with Gasteiger partial charge in [0.05, 0.1) is 29.5 Å². The van der Waals surface area contributed by atoms with Crippen LogP contribution in [0.25, 0.3) is 0 Å². The topological polar surface area (TPSA) is 76.4 Å². The van der Waals surface area contributed by atoms with Gasteiger partial charge in [0, 0.05) is 16.6 Å². The van der Waals surface area contributed by atoms with Gasteiger partial charge in [-0.3, -0.25) is 10.1 Å². The van der Waals surface area contributed by atoms with E-state index >= 15 is 0 Å². The summed E-state index contributed by atoms with van der Waals surface area (Å²) >= 11 is 8.11. The van der Waals surface area contributed by atoms with Gasteiger partial charge in [-0.05, 0) is 40.3 Å². The highest BCUT2D eigenvalue weighted by Gasteiger charge is 2.14. The number of nitrogens with zero attached hydrogens (tertiary/aromatic N) is 1. The Kier molecular flexibility index (Phi) is 5.62. The first-order chi connectivity index (χ1) is 11.3. The number of methoxy groups -OCH3 is 1. The van der Waals surface area contributed by atoms with Crippen LogP contribution in [-0.4, -0.2) is 17.1 Å². The minimum Gasteiger partial charge on any atom is -0.494 e. The van der Waals surface area contributed by atoms with E-state index in [1.165, 1.54) is 25.3 Å². The summed E-state index contributed by atoms with van der Waals surface area (Å²) in [5.41, 5.74) is 0.151. The number of rotatable bonds is 4. The van der Waals surface area contributed by atoms with Gasteiger partial charge < -0.3 is 15.4 Å². The summed E-state index contributed by atoms with van der Waals surface area (Å²) in [6.45, 7) is 0. The summed E-state index contributed by atoms with van der Waals surface area (Å²) in [5, 5.41) is 16.1. The van der Waals surface area contributed by atoms with Crippen LogP contribution >= 0.6 is 28.1 Å². The standard InChI is InChI=1S/C14H10BrF2N3O3S/c1-23-12-6-8(20(21)22)2-3-11(12)18-14(24)19-13-9(15)4-7(16)5-10(13)17/h2-6H,1H3,(H2,18,19,24). The van der Waals surface area contributed by atoms with Crippen molar-refractivity contribution in [1.29, 1.82) is 0 Å². The van der Waals surface area contributed by atoms with Crippen LogP contribution < -0.4 is 15.4 Å². The lowest BCUT2D eigenvalue weighted by Gasteiger charge is -2.14. The van der Waals surface area contributed by atoms with Crippen molar-refractivity contribution in [3.63, 3.8) is 0 Å². The first kappa shape index (κ1) is 18.0. The van der Waals surface area contributed by atoms with Crippen LogP contribution in [0.5, 0.6) is 5.75 Å². The molecule has 0 saturated heterocycles. The molecule has 6 nitrogen and oxygen atoms in total. The Morgan fingerprint density at radius 1 is 1.29 bits per heavy atom. The molecule has 0 amide bonds. The molecule has 2 N–H and O–H groups in total. The molecule has 0 aromatic heterocycles. The third-order valence-corrected chi connectivity index (χ3v) is 3.72. The normalized spacial score (nSPS) is 10.2. The van der Waals surface area contributed by atoms with Crippen molar-refractivity contribution in [2.24, 2.45) is 0 Å². The summed E-state index contributed by atoms with van der Waals surface area (Å²) in [6, 6.07) is 5.69. The van der Waals surface area contributed by atoms with Crippen molar-refractivity contribution in [3.05, 3.63) is 56.6 Å². The summed E-state index contributed by atoms with van der Waals surface area (Å²) in [5.74, 6) is -1.38. The number of non-ortho nitro benzene ring substituents is 1. The summed E-state index contributed by atoms with van der Waals surface area (Å²) in [4.78, 5) is 10.2. The Hall–Kier alpha value is -2.33. The van der Waals surface area contributed by atoms with Gasteiger partial charge in [-0.2, -0.15) is 0 Å². The molecular formula is C14H10BrF2N3O3S. The highest BCUT2D eigenvalue weighted by atomic mass is 79.9. The van der Waals surface area contributed by atoms with E-state index in [-0.39, 0.29) is 26.7 Å². The third-order valence-electron chi connectivity index (χ3n) is 2.89. The average molecular weight is 418 g/mol. The van der Waals surface area contributed by atoms with Crippen LogP contribution in [0, 0.1) is 21.7 Å². The fourth-order valence-corrected chi connectivity index (χ4v) is 2.54. The van der Waals surface area contributed by atoms with Crippen LogP contribution in [-0.2, 0) is 0 Å². The molecule has 2 aromatic rings. The van der Waals surface area contributed by atoms with E-state index in [0.717, 1.165) is 6.07 Å². The molecule has 10 heteroatoms. The van der Waals surface area contributed by atoms with Crippen LogP contribution in [0.2, 0.25) is 0 Å². The third kappa shape index (κ3) is 4.15. The Balaban J connectivity index is 2.20. The van der Waals surface area contributed by atoms with E-state index in [4.69, 9.17) is 17.0 Å². The SMILES string of the molecule is COc1cc([N+](=O)[O-])ccc1NC(=S)Nc1c(F)cc(F)cc1Br. The number of ether oxygens (including phenoxy) is 1. The van der Waals surface area contributed by atoms with Crippen LogP contribution in [0.1, 0.15) is 0 Å². The molecular weight excluding hydrogens is 408 g/mol. The molecule has 0 atom stereocenters. The Morgan fingerprint density at radius 2 is 2.00 bits per heavy atom. The Morgan fingerprint density at radius 3 is 2.58 bits per heavy atom. The van der Waals surface area contributed by atoms with Gasteiger partial charge in [-0.1, -0.05) is 0 Å². The molecule has 0 radical (unpaired) electrons. The van der Waals surface area contributed by atoms with E-state index in [1.54, 1.807) is 0 Å². The number of benzene rings is 2. The number of anilines is 2. The smallest absolute Gasteiger partial charge is 0.273 e. The number of thiocarbonyl (C=S) groups is 1. The van der Waals surface area contributed by atoms with Crippen molar-refractivity contribution in [2.75, 3.05) is 17.7 Å². The number of halogens is 3. The fraction of sp³-hybridized carbons (Fsp3) is 0.0714. The molecule has 0 aliphatic carbocycles. The lowest BCUT2D eigenvalue weighted by molar-refractivity contribution is -0.384. The van der Waals surface area contributed by atoms with Crippen molar-refractivity contribution in [2.45, 2.75) is 0 Å². The molecule has 0 spiro atoms. The zero-order valence-electron chi connectivity index (χ0n) is 12.1. The maximum absolute atomic E-state index is 13.8. The van der Waals surface area contributed by atoms with E-state index < -0.39 is 16.6 Å². The van der Waals surface area contributed by atoms with Crippen LogP contribution in [0.4, 0.5) is 25.8 Å². The first-order valence-corrected chi connectivity index (χ1v) is 7.57. The molecule has 126 valence electrons. The molecule has 24 heavy (non-hydrogen) atoms. The van der Waals surface area contributed by atoms with E-state index in [2.05, 4.69) is 26.6 Å². The fourth-order valence-electron chi connectivity index (χ4n) is 1.83. The summed E-state index contributed by atoms with van der Waals surface area (Å²) in [6.07, 6.45) is 0. The lowest BCUT2D eigenvalue weighted by Crippen LogP contribution is -2.20. The van der Waals surface area contributed by atoms with Crippen molar-refractivity contribution >= 4 is 50.3 Å². The molecule has 0 heterocycles. The second kappa shape index (κ2) is 7.49. The molecule has 2 rings (SSSR count). The minimum absolute atomic E-state index is 0.00615. The van der Waals surface area contributed by atoms with E-state index in [9.17, 15) is 18.9 Å². The first-order valence-electron chi connectivity index (χ1n) is 6.36. The quantitative estimate of drug-likeness (QED) is 0.434. The lowest BCUT2D eigenvalue weighted by atomic mass is 10.2. The largest absolute Gasteiger partial charge is 0.494 e. The van der Waals surface area contributed by atoms with Gasteiger partial charge in [-0.25, -0.2) is 8.78 Å². The van der Waals surface area contributed by atoms with Gasteiger partial charge in [0.1, 0.15) is 11.6 Å². The van der Waals surface area contributed by atoms with Gasteiger partial charge in [0.25, 0.3) is 5.69 Å². The summed E-state index contributed by atoms with van der Waals surface area (Å²) in [7, 11) is 1.34. The minimum atomic E-state index is -0.832.